The molecule has 2 aromatic heterocycles. The predicted molar refractivity (Wildman–Crippen MR) is 83.7 cm³/mol. The first-order valence-corrected chi connectivity index (χ1v) is 7.79. The van der Waals surface area contributed by atoms with Crippen molar-refractivity contribution in [1.29, 1.82) is 0 Å². The van der Waals surface area contributed by atoms with Gasteiger partial charge in [0, 0.05) is 9.85 Å². The first kappa shape index (κ1) is 14.0. The van der Waals surface area contributed by atoms with Gasteiger partial charge in [-0.15, -0.1) is 11.3 Å². The fraction of sp³-hybridized carbons (Fsp3) is 0.0667. The number of rotatable bonds is 5. The summed E-state index contributed by atoms with van der Waals surface area (Å²) >= 11 is 4.82. The monoisotopic (exact) mass is 363 g/mol. The molecule has 0 aliphatic rings. The first-order chi connectivity index (χ1) is 10.3. The van der Waals surface area contributed by atoms with Crippen molar-refractivity contribution in [2.45, 2.75) is 6.61 Å². The summed E-state index contributed by atoms with van der Waals surface area (Å²) in [6, 6.07) is 9.00. The normalized spacial score (nSPS) is 10.5. The van der Waals surface area contributed by atoms with Crippen LogP contribution in [-0.2, 0) is 6.61 Å². The minimum atomic E-state index is 0.305. The third kappa shape index (κ3) is 3.22. The number of aldehydes is 1. The molecule has 0 aliphatic heterocycles. The minimum Gasteiger partial charge on any atom is -0.487 e. The quantitative estimate of drug-likeness (QED) is 0.623. The van der Waals surface area contributed by atoms with Crippen molar-refractivity contribution < 1.29 is 13.9 Å². The van der Waals surface area contributed by atoms with Crippen molar-refractivity contribution in [1.82, 2.24) is 4.98 Å². The molecule has 0 N–H and O–H groups in total. The number of hydrogen-bond acceptors (Lipinski definition) is 5. The van der Waals surface area contributed by atoms with Gasteiger partial charge in [-0.2, -0.15) is 0 Å². The first-order valence-electron chi connectivity index (χ1n) is 6.12. The highest BCUT2D eigenvalue weighted by Gasteiger charge is 2.09. The van der Waals surface area contributed by atoms with Crippen LogP contribution in [0, 0.1) is 0 Å². The summed E-state index contributed by atoms with van der Waals surface area (Å²) in [5, 5.41) is 2.72. The zero-order valence-corrected chi connectivity index (χ0v) is 13.2. The Labute approximate surface area is 133 Å². The van der Waals surface area contributed by atoms with Crippen molar-refractivity contribution >= 4 is 33.6 Å². The van der Waals surface area contributed by atoms with Gasteiger partial charge in [0.25, 0.3) is 0 Å². The number of furan rings is 1. The van der Waals surface area contributed by atoms with Gasteiger partial charge in [-0.05, 0) is 30.3 Å². The summed E-state index contributed by atoms with van der Waals surface area (Å²) in [6.45, 7) is 0.305. The Kier molecular flexibility index (Phi) is 4.17. The molecule has 0 saturated carbocycles. The van der Waals surface area contributed by atoms with Crippen molar-refractivity contribution in [2.75, 3.05) is 0 Å². The van der Waals surface area contributed by atoms with E-state index in [0.29, 0.717) is 17.9 Å². The van der Waals surface area contributed by atoms with Crippen molar-refractivity contribution in [3.63, 3.8) is 0 Å². The number of hydrogen-bond donors (Lipinski definition) is 0. The van der Waals surface area contributed by atoms with Crippen molar-refractivity contribution in [2.24, 2.45) is 0 Å². The van der Waals surface area contributed by atoms with E-state index in [1.54, 1.807) is 18.4 Å². The van der Waals surface area contributed by atoms with Gasteiger partial charge >= 0.3 is 0 Å². The van der Waals surface area contributed by atoms with Gasteiger partial charge in [0.15, 0.2) is 17.1 Å². The molecule has 0 atom stereocenters. The van der Waals surface area contributed by atoms with Crippen LogP contribution in [0.4, 0.5) is 0 Å². The lowest BCUT2D eigenvalue weighted by Gasteiger charge is -2.07. The Hall–Kier alpha value is -1.92. The molecule has 106 valence electrons. The Bertz CT molecular complexity index is 752. The second-order valence-corrected chi connectivity index (χ2v) is 5.98. The maximum atomic E-state index is 11.0. The number of carbonyl (C=O) groups excluding carboxylic acids is 1. The third-order valence-electron chi connectivity index (χ3n) is 2.76. The van der Waals surface area contributed by atoms with Crippen LogP contribution in [0.25, 0.3) is 10.8 Å². The highest BCUT2D eigenvalue weighted by Crippen LogP contribution is 2.26. The van der Waals surface area contributed by atoms with Crippen LogP contribution < -0.4 is 4.74 Å². The number of aromatic nitrogens is 1. The highest BCUT2D eigenvalue weighted by atomic mass is 79.9. The molecule has 0 radical (unpaired) electrons. The summed E-state index contributed by atoms with van der Waals surface area (Å²) in [4.78, 5) is 15.5. The smallest absolute Gasteiger partial charge is 0.162 e. The van der Waals surface area contributed by atoms with Gasteiger partial charge in [-0.3, -0.25) is 4.79 Å². The van der Waals surface area contributed by atoms with E-state index in [-0.39, 0.29) is 0 Å². The lowest BCUT2D eigenvalue weighted by molar-refractivity contribution is 0.111. The average Bonchev–Trinajstić information content (AvgIpc) is 3.16. The lowest BCUT2D eigenvalue weighted by atomic mass is 10.2. The molecule has 2 heterocycles. The Morgan fingerprint density at radius 3 is 3.05 bits per heavy atom. The second-order valence-electron chi connectivity index (χ2n) is 4.21. The molecule has 3 rings (SSSR count). The van der Waals surface area contributed by atoms with E-state index in [0.717, 1.165) is 27.2 Å². The van der Waals surface area contributed by atoms with Crippen molar-refractivity contribution in [3.8, 4) is 16.5 Å². The van der Waals surface area contributed by atoms with Crippen LogP contribution in [0.5, 0.6) is 5.75 Å². The molecule has 3 aromatic rings. The van der Waals surface area contributed by atoms with E-state index in [9.17, 15) is 4.79 Å². The Morgan fingerprint density at radius 1 is 1.38 bits per heavy atom. The fourth-order valence-electron chi connectivity index (χ4n) is 1.78. The zero-order valence-electron chi connectivity index (χ0n) is 10.8. The largest absolute Gasteiger partial charge is 0.487 e. The van der Waals surface area contributed by atoms with Gasteiger partial charge in [-0.25, -0.2) is 4.98 Å². The number of benzene rings is 1. The number of nitrogens with zero attached hydrogens (tertiary/aromatic N) is 1. The Balaban J connectivity index is 1.72. The molecule has 1 aromatic carbocycles. The number of thiazole rings is 1. The summed E-state index contributed by atoms with van der Waals surface area (Å²) in [6.07, 6.45) is 2.39. The molecule has 0 unspecified atom stereocenters. The van der Waals surface area contributed by atoms with Crippen LogP contribution in [0.2, 0.25) is 0 Å². The van der Waals surface area contributed by atoms with Crippen LogP contribution in [0.3, 0.4) is 0 Å². The molecule has 6 heteroatoms. The van der Waals surface area contributed by atoms with Crippen molar-refractivity contribution in [3.05, 3.63) is 57.7 Å². The van der Waals surface area contributed by atoms with Gasteiger partial charge < -0.3 is 9.15 Å². The molecule has 0 spiro atoms. The number of halogens is 1. The van der Waals surface area contributed by atoms with E-state index >= 15 is 0 Å². The maximum Gasteiger partial charge on any atom is 0.162 e. The van der Waals surface area contributed by atoms with Crippen LogP contribution in [0.1, 0.15) is 16.1 Å². The highest BCUT2D eigenvalue weighted by molar-refractivity contribution is 9.10. The number of carbonyl (C=O) groups is 1. The summed E-state index contributed by atoms with van der Waals surface area (Å²) in [5.41, 5.74) is 1.30. The zero-order chi connectivity index (χ0) is 14.7. The molecular weight excluding hydrogens is 354 g/mol. The summed E-state index contributed by atoms with van der Waals surface area (Å²) < 4.78 is 11.8. The van der Waals surface area contributed by atoms with Crippen LogP contribution in [-0.4, -0.2) is 11.3 Å². The molecule has 0 amide bonds. The maximum absolute atomic E-state index is 11.0. The molecule has 0 aliphatic carbocycles. The van der Waals surface area contributed by atoms with E-state index in [1.165, 1.54) is 11.3 Å². The molecule has 0 saturated heterocycles. The van der Waals surface area contributed by atoms with E-state index in [2.05, 4.69) is 20.9 Å². The van der Waals surface area contributed by atoms with Gasteiger partial charge in [0.1, 0.15) is 12.4 Å². The third-order valence-corrected chi connectivity index (χ3v) is 4.16. The van der Waals surface area contributed by atoms with Crippen LogP contribution in [0.15, 0.2) is 50.9 Å². The van der Waals surface area contributed by atoms with Crippen LogP contribution >= 0.6 is 27.3 Å². The topological polar surface area (TPSA) is 52.3 Å². The second kappa shape index (κ2) is 6.24. The standard InChI is InChI=1S/C15H10BrNO3S/c16-11-3-4-13(10(6-11)7-18)20-8-12-9-21-15(17-12)14-2-1-5-19-14/h1-7,9H,8H2. The lowest BCUT2D eigenvalue weighted by Crippen LogP contribution is -1.98. The van der Waals surface area contributed by atoms with Gasteiger partial charge in [-0.1, -0.05) is 15.9 Å². The number of ether oxygens (including phenoxy) is 1. The molecule has 21 heavy (non-hydrogen) atoms. The van der Waals surface area contributed by atoms with Gasteiger partial charge in [0.05, 0.1) is 17.5 Å². The Morgan fingerprint density at radius 2 is 2.29 bits per heavy atom. The summed E-state index contributed by atoms with van der Waals surface area (Å²) in [5.74, 6) is 1.28. The molecular formula is C15H10BrNO3S. The van der Waals surface area contributed by atoms with E-state index in [4.69, 9.17) is 9.15 Å². The average molecular weight is 364 g/mol. The molecule has 0 fully saturated rings. The predicted octanol–water partition coefficient (Wildman–Crippen LogP) is 4.56. The van der Waals surface area contributed by atoms with E-state index in [1.807, 2.05) is 23.6 Å². The van der Waals surface area contributed by atoms with E-state index < -0.39 is 0 Å². The minimum absolute atomic E-state index is 0.305. The SMILES string of the molecule is O=Cc1cc(Br)ccc1OCc1csc(-c2ccco2)n1. The molecule has 0 bridgehead atoms. The van der Waals surface area contributed by atoms with Gasteiger partial charge in [0.2, 0.25) is 0 Å². The summed E-state index contributed by atoms with van der Waals surface area (Å²) in [7, 11) is 0. The fourth-order valence-corrected chi connectivity index (χ4v) is 2.93. The molecule has 4 nitrogen and oxygen atoms in total.